The average Bonchev–Trinajstić information content (AvgIpc) is 2.36. The van der Waals surface area contributed by atoms with E-state index in [1.165, 1.54) is 16.3 Å². The first-order chi connectivity index (χ1) is 8.69. The number of ether oxygens (including phenoxy) is 1. The maximum Gasteiger partial charge on any atom is 0.130 e. The molecule has 0 atom stereocenters. The summed E-state index contributed by atoms with van der Waals surface area (Å²) in [5, 5.41) is 2.37. The molecule has 0 aromatic heterocycles. The fourth-order valence-electron chi connectivity index (χ4n) is 2.01. The van der Waals surface area contributed by atoms with E-state index in [1.807, 2.05) is 19.1 Å². The summed E-state index contributed by atoms with van der Waals surface area (Å²) in [4.78, 5) is 11.0. The third-order valence-electron chi connectivity index (χ3n) is 2.95. The van der Waals surface area contributed by atoms with Crippen LogP contribution in [0.25, 0.3) is 10.8 Å². The first-order valence-corrected chi connectivity index (χ1v) is 6.34. The molecule has 0 heterocycles. The van der Waals surface area contributed by atoms with Crippen molar-refractivity contribution in [2.24, 2.45) is 0 Å². The minimum atomic E-state index is 0.238. The first-order valence-electron chi connectivity index (χ1n) is 6.34. The van der Waals surface area contributed by atoms with Crippen LogP contribution < -0.4 is 4.74 Å². The van der Waals surface area contributed by atoms with E-state index < -0.39 is 0 Å². The molecule has 0 amide bonds. The van der Waals surface area contributed by atoms with Crippen molar-refractivity contribution >= 4 is 16.6 Å². The molecule has 0 saturated carbocycles. The second-order valence-corrected chi connectivity index (χ2v) is 4.48. The van der Waals surface area contributed by atoms with Crippen LogP contribution in [0, 0.1) is 0 Å². The lowest BCUT2D eigenvalue weighted by Crippen LogP contribution is -1.94. The minimum absolute atomic E-state index is 0.238. The van der Waals surface area contributed by atoms with Crippen molar-refractivity contribution in [1.82, 2.24) is 0 Å². The third kappa shape index (κ3) is 3.10. The molecule has 0 spiro atoms. The van der Waals surface area contributed by atoms with Gasteiger partial charge in [0.15, 0.2) is 0 Å². The Morgan fingerprint density at radius 1 is 1.11 bits per heavy atom. The molecule has 2 nitrogen and oxygen atoms in total. The van der Waals surface area contributed by atoms with E-state index in [9.17, 15) is 4.79 Å². The SMILES string of the molecule is CCOc1ccc2cc(CCC(C)=O)ccc2c1. The molecule has 0 bridgehead atoms. The molecular formula is C16H18O2. The standard InChI is InChI=1S/C16H18O2/c1-3-18-16-9-8-14-10-13(5-4-12(2)17)6-7-15(14)11-16/h6-11H,3-5H2,1-2H3. The second kappa shape index (κ2) is 5.67. The molecule has 18 heavy (non-hydrogen) atoms. The monoisotopic (exact) mass is 242 g/mol. The van der Waals surface area contributed by atoms with Gasteiger partial charge in [0.25, 0.3) is 0 Å². The predicted octanol–water partition coefficient (Wildman–Crippen LogP) is 3.76. The van der Waals surface area contributed by atoms with Crippen LogP contribution in [-0.2, 0) is 11.2 Å². The topological polar surface area (TPSA) is 26.3 Å². The van der Waals surface area contributed by atoms with Gasteiger partial charge in [-0.15, -0.1) is 0 Å². The molecule has 2 aromatic rings. The summed E-state index contributed by atoms with van der Waals surface area (Å²) in [6.45, 7) is 4.30. The van der Waals surface area contributed by atoms with Crippen LogP contribution in [0.5, 0.6) is 5.75 Å². The number of fused-ring (bicyclic) bond motifs is 1. The van der Waals surface area contributed by atoms with Crippen LogP contribution in [-0.4, -0.2) is 12.4 Å². The molecule has 0 aliphatic heterocycles. The molecule has 2 rings (SSSR count). The lowest BCUT2D eigenvalue weighted by molar-refractivity contribution is -0.116. The molecule has 0 unspecified atom stereocenters. The zero-order valence-electron chi connectivity index (χ0n) is 10.9. The van der Waals surface area contributed by atoms with Crippen LogP contribution in [0.2, 0.25) is 0 Å². The Morgan fingerprint density at radius 3 is 2.56 bits per heavy atom. The Bertz CT molecular complexity index is 558. The van der Waals surface area contributed by atoms with Gasteiger partial charge < -0.3 is 9.53 Å². The van der Waals surface area contributed by atoms with E-state index >= 15 is 0 Å². The maximum atomic E-state index is 11.0. The Balaban J connectivity index is 2.23. The number of carbonyl (C=O) groups excluding carboxylic acids is 1. The lowest BCUT2D eigenvalue weighted by atomic mass is 10.0. The molecule has 2 aromatic carbocycles. The highest BCUT2D eigenvalue weighted by molar-refractivity contribution is 5.84. The summed E-state index contributed by atoms with van der Waals surface area (Å²) in [5.74, 6) is 1.14. The van der Waals surface area contributed by atoms with Crippen LogP contribution in [0.3, 0.4) is 0 Å². The summed E-state index contributed by atoms with van der Waals surface area (Å²) in [5.41, 5.74) is 1.21. The number of ketones is 1. The number of benzene rings is 2. The molecule has 0 aliphatic rings. The normalized spacial score (nSPS) is 10.6. The number of carbonyl (C=O) groups is 1. The largest absolute Gasteiger partial charge is 0.494 e. The fraction of sp³-hybridized carbons (Fsp3) is 0.312. The van der Waals surface area contributed by atoms with E-state index in [4.69, 9.17) is 4.74 Å². The van der Waals surface area contributed by atoms with Gasteiger partial charge in [0.05, 0.1) is 6.61 Å². The zero-order valence-corrected chi connectivity index (χ0v) is 10.9. The molecule has 0 N–H and O–H groups in total. The van der Waals surface area contributed by atoms with Crippen molar-refractivity contribution in [3.8, 4) is 5.75 Å². The van der Waals surface area contributed by atoms with Crippen molar-refractivity contribution in [3.05, 3.63) is 42.0 Å². The van der Waals surface area contributed by atoms with Gasteiger partial charge in [-0.25, -0.2) is 0 Å². The first kappa shape index (κ1) is 12.6. The van der Waals surface area contributed by atoms with Crippen molar-refractivity contribution in [1.29, 1.82) is 0 Å². The zero-order chi connectivity index (χ0) is 13.0. The Labute approximate surface area is 108 Å². The van der Waals surface area contributed by atoms with Crippen LogP contribution >= 0.6 is 0 Å². The number of rotatable bonds is 5. The van der Waals surface area contributed by atoms with Gasteiger partial charge in [-0.05, 0) is 48.7 Å². The number of hydrogen-bond acceptors (Lipinski definition) is 2. The molecule has 0 radical (unpaired) electrons. The molecule has 0 aliphatic carbocycles. The summed E-state index contributed by atoms with van der Waals surface area (Å²) in [6.07, 6.45) is 1.43. The smallest absolute Gasteiger partial charge is 0.130 e. The third-order valence-corrected chi connectivity index (χ3v) is 2.95. The van der Waals surface area contributed by atoms with Crippen molar-refractivity contribution in [2.75, 3.05) is 6.61 Å². The Morgan fingerprint density at radius 2 is 1.83 bits per heavy atom. The van der Waals surface area contributed by atoms with Crippen LogP contribution in [0.1, 0.15) is 25.8 Å². The van der Waals surface area contributed by atoms with E-state index in [0.29, 0.717) is 13.0 Å². The Hall–Kier alpha value is -1.83. The quantitative estimate of drug-likeness (QED) is 0.798. The highest BCUT2D eigenvalue weighted by atomic mass is 16.5. The van der Waals surface area contributed by atoms with E-state index in [-0.39, 0.29) is 5.78 Å². The van der Waals surface area contributed by atoms with Gasteiger partial charge in [-0.2, -0.15) is 0 Å². The van der Waals surface area contributed by atoms with E-state index in [0.717, 1.165) is 12.2 Å². The fourth-order valence-corrected chi connectivity index (χ4v) is 2.01. The van der Waals surface area contributed by atoms with Gasteiger partial charge in [-0.1, -0.05) is 24.3 Å². The predicted molar refractivity (Wildman–Crippen MR) is 74.1 cm³/mol. The minimum Gasteiger partial charge on any atom is -0.494 e. The molecule has 0 fully saturated rings. The van der Waals surface area contributed by atoms with E-state index in [1.54, 1.807) is 6.92 Å². The highest BCUT2D eigenvalue weighted by Crippen LogP contribution is 2.22. The molecular weight excluding hydrogens is 224 g/mol. The van der Waals surface area contributed by atoms with E-state index in [2.05, 4.69) is 24.3 Å². The molecule has 94 valence electrons. The highest BCUT2D eigenvalue weighted by Gasteiger charge is 2.01. The molecule has 0 saturated heterocycles. The number of Topliss-reactive ketones (excluding diaryl/α,β-unsaturated/α-hetero) is 1. The van der Waals surface area contributed by atoms with Gasteiger partial charge >= 0.3 is 0 Å². The summed E-state index contributed by atoms with van der Waals surface area (Å²) in [6, 6.07) is 12.4. The lowest BCUT2D eigenvalue weighted by Gasteiger charge is -2.06. The second-order valence-electron chi connectivity index (χ2n) is 4.48. The summed E-state index contributed by atoms with van der Waals surface area (Å²) < 4.78 is 5.48. The summed E-state index contributed by atoms with van der Waals surface area (Å²) >= 11 is 0. The van der Waals surface area contributed by atoms with Gasteiger partial charge in [0, 0.05) is 6.42 Å². The van der Waals surface area contributed by atoms with Crippen molar-refractivity contribution in [2.45, 2.75) is 26.7 Å². The number of hydrogen-bond donors (Lipinski definition) is 0. The average molecular weight is 242 g/mol. The van der Waals surface area contributed by atoms with Crippen molar-refractivity contribution in [3.63, 3.8) is 0 Å². The van der Waals surface area contributed by atoms with Gasteiger partial charge in [0.2, 0.25) is 0 Å². The van der Waals surface area contributed by atoms with Gasteiger partial charge in [0.1, 0.15) is 11.5 Å². The molecule has 2 heteroatoms. The summed E-state index contributed by atoms with van der Waals surface area (Å²) in [7, 11) is 0. The Kier molecular flexibility index (Phi) is 3.98. The van der Waals surface area contributed by atoms with Crippen LogP contribution in [0.15, 0.2) is 36.4 Å². The maximum absolute atomic E-state index is 11.0. The number of aryl methyl sites for hydroxylation is 1. The van der Waals surface area contributed by atoms with Crippen molar-refractivity contribution < 1.29 is 9.53 Å². The van der Waals surface area contributed by atoms with Crippen LogP contribution in [0.4, 0.5) is 0 Å². The van der Waals surface area contributed by atoms with Gasteiger partial charge in [-0.3, -0.25) is 0 Å².